The minimum Gasteiger partial charge on any atom is -0.348 e. The van der Waals surface area contributed by atoms with Gasteiger partial charge in [-0.25, -0.2) is 4.39 Å². The molecule has 8 heteroatoms. The number of fused-ring (bicyclic) bond motifs is 1. The van der Waals surface area contributed by atoms with Crippen molar-refractivity contribution in [3.8, 4) is 11.3 Å². The summed E-state index contributed by atoms with van der Waals surface area (Å²) in [5, 5.41) is 15.3. The molecule has 180 valence electrons. The number of hydrogen-bond acceptors (Lipinski definition) is 4. The number of benzene rings is 1. The molecule has 2 aromatic heterocycles. The van der Waals surface area contributed by atoms with Gasteiger partial charge in [-0.3, -0.25) is 19.5 Å². The van der Waals surface area contributed by atoms with Gasteiger partial charge in [-0.05, 0) is 43.0 Å². The Morgan fingerprint density at radius 2 is 2.00 bits per heavy atom. The zero-order valence-corrected chi connectivity index (χ0v) is 20.0. The van der Waals surface area contributed by atoms with E-state index in [1.165, 1.54) is 30.7 Å². The number of aromatic nitrogens is 4. The Balaban J connectivity index is 1.37. The SMILES string of the molecule is CC(C)Cn1nc(C(=O)NC2CCCC2)c2c1CCN(Cc1cn[nH]c1-c1ccc(F)cc1)C2. The molecule has 1 amide bonds. The highest BCUT2D eigenvalue weighted by atomic mass is 19.1. The first-order valence-electron chi connectivity index (χ1n) is 12.4. The lowest BCUT2D eigenvalue weighted by Crippen LogP contribution is -2.35. The Bertz CT molecular complexity index is 1140. The van der Waals surface area contributed by atoms with Crippen molar-refractivity contribution in [1.82, 2.24) is 30.2 Å². The molecule has 2 N–H and O–H groups in total. The van der Waals surface area contributed by atoms with E-state index < -0.39 is 0 Å². The van der Waals surface area contributed by atoms with E-state index in [1.807, 2.05) is 6.20 Å². The Morgan fingerprint density at radius 1 is 1.24 bits per heavy atom. The number of hydrogen-bond donors (Lipinski definition) is 2. The zero-order chi connectivity index (χ0) is 23.7. The second-order valence-corrected chi connectivity index (χ2v) is 10.0. The first kappa shape index (κ1) is 22.8. The predicted octanol–water partition coefficient (Wildman–Crippen LogP) is 4.30. The zero-order valence-electron chi connectivity index (χ0n) is 20.0. The van der Waals surface area contributed by atoms with Gasteiger partial charge in [0.05, 0.1) is 11.9 Å². The maximum atomic E-state index is 13.4. The molecule has 5 rings (SSSR count). The topological polar surface area (TPSA) is 78.8 Å². The highest BCUT2D eigenvalue weighted by Crippen LogP contribution is 2.28. The molecule has 0 atom stereocenters. The maximum Gasteiger partial charge on any atom is 0.272 e. The molecule has 1 aliphatic heterocycles. The van der Waals surface area contributed by atoms with E-state index in [4.69, 9.17) is 5.10 Å². The maximum absolute atomic E-state index is 13.4. The lowest BCUT2D eigenvalue weighted by Gasteiger charge is -2.28. The normalized spacial score (nSPS) is 16.8. The van der Waals surface area contributed by atoms with Crippen molar-refractivity contribution < 1.29 is 9.18 Å². The molecule has 1 saturated carbocycles. The van der Waals surface area contributed by atoms with Crippen LogP contribution in [0, 0.1) is 11.7 Å². The lowest BCUT2D eigenvalue weighted by molar-refractivity contribution is 0.0929. The van der Waals surface area contributed by atoms with Crippen LogP contribution in [0.2, 0.25) is 0 Å². The average molecular weight is 465 g/mol. The molecule has 1 aliphatic carbocycles. The largest absolute Gasteiger partial charge is 0.348 e. The van der Waals surface area contributed by atoms with Crippen LogP contribution >= 0.6 is 0 Å². The monoisotopic (exact) mass is 464 g/mol. The summed E-state index contributed by atoms with van der Waals surface area (Å²) in [7, 11) is 0. The van der Waals surface area contributed by atoms with E-state index in [1.54, 1.807) is 12.1 Å². The van der Waals surface area contributed by atoms with Crippen LogP contribution in [0.5, 0.6) is 0 Å². The van der Waals surface area contributed by atoms with Crippen molar-refractivity contribution in [3.05, 3.63) is 58.8 Å². The minimum atomic E-state index is -0.254. The Kier molecular flexibility index (Phi) is 6.50. The summed E-state index contributed by atoms with van der Waals surface area (Å²) in [6.45, 7) is 7.43. The van der Waals surface area contributed by atoms with Gasteiger partial charge in [0.25, 0.3) is 5.91 Å². The Morgan fingerprint density at radius 3 is 2.74 bits per heavy atom. The van der Waals surface area contributed by atoms with Gasteiger partial charge in [-0.15, -0.1) is 0 Å². The summed E-state index contributed by atoms with van der Waals surface area (Å²) in [6.07, 6.45) is 7.16. The summed E-state index contributed by atoms with van der Waals surface area (Å²) >= 11 is 0. The van der Waals surface area contributed by atoms with Crippen molar-refractivity contribution in [1.29, 1.82) is 0 Å². The average Bonchev–Trinajstić information content (AvgIpc) is 3.55. The molecule has 0 bridgehead atoms. The second-order valence-electron chi connectivity index (χ2n) is 10.0. The minimum absolute atomic E-state index is 0.0391. The third-order valence-electron chi connectivity index (χ3n) is 6.90. The standard InChI is InChI=1S/C26H33FN6O/c1-17(2)14-33-23-11-12-32(15-19-13-28-30-24(19)18-7-9-20(27)10-8-18)16-22(23)25(31-33)26(34)29-21-5-3-4-6-21/h7-10,13,17,21H,3-6,11-12,14-16H2,1-2H3,(H,28,30)(H,29,34). The number of amides is 1. The van der Waals surface area contributed by atoms with E-state index in [0.717, 1.165) is 54.7 Å². The van der Waals surface area contributed by atoms with Crippen molar-refractivity contribution in [3.63, 3.8) is 0 Å². The number of rotatable bonds is 7. The van der Waals surface area contributed by atoms with Gasteiger partial charge in [-0.1, -0.05) is 26.7 Å². The van der Waals surface area contributed by atoms with E-state index in [0.29, 0.717) is 24.7 Å². The molecule has 0 saturated heterocycles. The van der Waals surface area contributed by atoms with Crippen LogP contribution in [-0.4, -0.2) is 43.4 Å². The van der Waals surface area contributed by atoms with Gasteiger partial charge in [-0.2, -0.15) is 10.2 Å². The van der Waals surface area contributed by atoms with E-state index in [-0.39, 0.29) is 17.8 Å². The summed E-state index contributed by atoms with van der Waals surface area (Å²) < 4.78 is 15.4. The molecular weight excluding hydrogens is 431 g/mol. The molecular formula is C26H33FN6O. The van der Waals surface area contributed by atoms with Crippen LogP contribution in [-0.2, 0) is 26.1 Å². The molecule has 7 nitrogen and oxygen atoms in total. The third kappa shape index (κ3) is 4.78. The molecule has 3 heterocycles. The molecule has 0 spiro atoms. The molecule has 0 radical (unpaired) electrons. The highest BCUT2D eigenvalue weighted by Gasteiger charge is 2.30. The summed E-state index contributed by atoms with van der Waals surface area (Å²) in [5.41, 5.74) is 5.69. The van der Waals surface area contributed by atoms with Crippen LogP contribution in [0.1, 0.15) is 66.8 Å². The summed E-state index contributed by atoms with van der Waals surface area (Å²) in [5.74, 6) is 0.162. The van der Waals surface area contributed by atoms with E-state index in [9.17, 15) is 9.18 Å². The predicted molar refractivity (Wildman–Crippen MR) is 129 cm³/mol. The number of nitrogens with zero attached hydrogens (tertiary/aromatic N) is 4. The van der Waals surface area contributed by atoms with Crippen LogP contribution in [0.4, 0.5) is 4.39 Å². The second kappa shape index (κ2) is 9.70. The molecule has 2 aliphatic rings. The number of halogens is 1. The number of nitrogens with one attached hydrogen (secondary N) is 2. The number of aromatic amines is 1. The first-order valence-corrected chi connectivity index (χ1v) is 12.4. The van der Waals surface area contributed by atoms with E-state index in [2.05, 4.69) is 38.9 Å². The van der Waals surface area contributed by atoms with Gasteiger partial charge in [0.15, 0.2) is 5.69 Å². The fourth-order valence-electron chi connectivity index (χ4n) is 5.22. The first-order chi connectivity index (χ1) is 16.5. The molecule has 0 unspecified atom stereocenters. The van der Waals surface area contributed by atoms with Gasteiger partial charge < -0.3 is 5.32 Å². The van der Waals surface area contributed by atoms with Crippen molar-refractivity contribution in [2.45, 2.75) is 71.6 Å². The van der Waals surface area contributed by atoms with Crippen LogP contribution < -0.4 is 5.32 Å². The third-order valence-corrected chi connectivity index (χ3v) is 6.90. The number of carbonyl (C=O) groups is 1. The number of H-pyrrole nitrogens is 1. The Labute approximate surface area is 199 Å². The lowest BCUT2D eigenvalue weighted by atomic mass is 10.0. The highest BCUT2D eigenvalue weighted by molar-refractivity contribution is 5.94. The van der Waals surface area contributed by atoms with Crippen molar-refractivity contribution in [2.24, 2.45) is 5.92 Å². The van der Waals surface area contributed by atoms with Crippen LogP contribution in [0.25, 0.3) is 11.3 Å². The fraction of sp³-hybridized carbons (Fsp3) is 0.500. The summed E-state index contributed by atoms with van der Waals surface area (Å²) in [4.78, 5) is 15.6. The van der Waals surface area contributed by atoms with Crippen LogP contribution in [0.15, 0.2) is 30.5 Å². The molecule has 34 heavy (non-hydrogen) atoms. The van der Waals surface area contributed by atoms with Crippen molar-refractivity contribution in [2.75, 3.05) is 6.54 Å². The van der Waals surface area contributed by atoms with Gasteiger partial charge in [0.1, 0.15) is 5.82 Å². The van der Waals surface area contributed by atoms with Gasteiger partial charge in [0.2, 0.25) is 0 Å². The molecule has 1 fully saturated rings. The quantitative estimate of drug-likeness (QED) is 0.547. The summed E-state index contributed by atoms with van der Waals surface area (Å²) in [6, 6.07) is 6.73. The van der Waals surface area contributed by atoms with Crippen molar-refractivity contribution >= 4 is 5.91 Å². The van der Waals surface area contributed by atoms with Gasteiger partial charge >= 0.3 is 0 Å². The number of carbonyl (C=O) groups excluding carboxylic acids is 1. The van der Waals surface area contributed by atoms with Gasteiger partial charge in [0, 0.05) is 61.0 Å². The molecule has 3 aromatic rings. The smallest absolute Gasteiger partial charge is 0.272 e. The van der Waals surface area contributed by atoms with Crippen LogP contribution in [0.3, 0.4) is 0 Å². The molecule has 1 aromatic carbocycles. The fourth-order valence-corrected chi connectivity index (χ4v) is 5.22. The van der Waals surface area contributed by atoms with E-state index >= 15 is 0 Å². The Hall–Kier alpha value is -3.00.